The minimum absolute atomic E-state index is 0.0210. The summed E-state index contributed by atoms with van der Waals surface area (Å²) < 4.78 is 7.49. The van der Waals surface area contributed by atoms with Crippen LogP contribution in [0, 0.1) is 0 Å². The molecule has 0 unspecified atom stereocenters. The van der Waals surface area contributed by atoms with Crippen molar-refractivity contribution < 1.29 is 14.3 Å². The number of carbonyl (C=O) groups is 2. The number of anilines is 1. The van der Waals surface area contributed by atoms with Crippen molar-refractivity contribution in [3.63, 3.8) is 0 Å². The number of amides is 2. The minimum atomic E-state index is -0.536. The summed E-state index contributed by atoms with van der Waals surface area (Å²) >= 11 is 0. The molecule has 3 rings (SSSR count). The Kier molecular flexibility index (Phi) is 4.05. The van der Waals surface area contributed by atoms with Crippen molar-refractivity contribution in [1.29, 1.82) is 0 Å². The van der Waals surface area contributed by atoms with Crippen molar-refractivity contribution in [3.05, 3.63) is 11.9 Å². The number of rotatable bonds is 1. The van der Waals surface area contributed by atoms with Gasteiger partial charge in [-0.2, -0.15) is 5.10 Å². The lowest BCUT2D eigenvalue weighted by Crippen LogP contribution is -2.49. The van der Waals surface area contributed by atoms with Gasteiger partial charge in [-0.15, -0.1) is 0 Å². The number of nitrogens with zero attached hydrogens (tertiary/aromatic N) is 4. The average molecular weight is 334 g/mol. The minimum Gasteiger partial charge on any atom is -0.444 e. The van der Waals surface area contributed by atoms with E-state index in [0.717, 1.165) is 17.8 Å². The maximum absolute atomic E-state index is 12.6. The summed E-state index contributed by atoms with van der Waals surface area (Å²) in [4.78, 5) is 28.2. The van der Waals surface area contributed by atoms with Crippen LogP contribution in [0.1, 0.15) is 59.2 Å². The van der Waals surface area contributed by atoms with Crippen LogP contribution < -0.4 is 4.90 Å². The summed E-state index contributed by atoms with van der Waals surface area (Å²) in [6.07, 6.45) is 2.87. The fourth-order valence-corrected chi connectivity index (χ4v) is 3.33. The van der Waals surface area contributed by atoms with Crippen LogP contribution in [-0.2, 0) is 16.1 Å². The number of fused-ring (bicyclic) bond motifs is 1. The van der Waals surface area contributed by atoms with Gasteiger partial charge in [0.25, 0.3) is 0 Å². The molecule has 0 aromatic carbocycles. The molecule has 7 heteroatoms. The van der Waals surface area contributed by atoms with E-state index in [2.05, 4.69) is 5.10 Å². The van der Waals surface area contributed by atoms with Gasteiger partial charge in [0, 0.05) is 13.0 Å². The van der Waals surface area contributed by atoms with E-state index in [-0.39, 0.29) is 24.1 Å². The smallest absolute Gasteiger partial charge is 0.410 e. The molecule has 0 bridgehead atoms. The summed E-state index contributed by atoms with van der Waals surface area (Å²) in [6, 6.07) is -0.0119. The Morgan fingerprint density at radius 3 is 2.58 bits per heavy atom. The van der Waals surface area contributed by atoms with Crippen LogP contribution in [0.3, 0.4) is 0 Å². The number of aromatic nitrogens is 2. The third kappa shape index (κ3) is 2.87. The third-order valence-electron chi connectivity index (χ3n) is 4.76. The maximum atomic E-state index is 12.6. The predicted octanol–water partition coefficient (Wildman–Crippen LogP) is 2.71. The van der Waals surface area contributed by atoms with Crippen molar-refractivity contribution in [1.82, 2.24) is 14.7 Å². The molecule has 0 radical (unpaired) electrons. The second-order valence-electron chi connectivity index (χ2n) is 7.66. The highest BCUT2D eigenvalue weighted by molar-refractivity contribution is 5.95. The van der Waals surface area contributed by atoms with E-state index < -0.39 is 5.60 Å². The zero-order valence-corrected chi connectivity index (χ0v) is 15.1. The quantitative estimate of drug-likeness (QED) is 0.792. The van der Waals surface area contributed by atoms with Crippen LogP contribution in [0.5, 0.6) is 0 Å². The van der Waals surface area contributed by atoms with Gasteiger partial charge in [0.1, 0.15) is 5.60 Å². The monoisotopic (exact) mass is 334 g/mol. The summed E-state index contributed by atoms with van der Waals surface area (Å²) in [6.45, 7) is 10.7. The zero-order valence-electron chi connectivity index (χ0n) is 15.1. The molecule has 0 spiro atoms. The maximum Gasteiger partial charge on any atom is 0.410 e. The molecule has 0 N–H and O–H groups in total. The van der Waals surface area contributed by atoms with Crippen molar-refractivity contribution in [2.24, 2.45) is 0 Å². The molecular weight excluding hydrogens is 308 g/mol. The molecule has 2 aliphatic heterocycles. The van der Waals surface area contributed by atoms with Gasteiger partial charge in [0.05, 0.1) is 36.2 Å². The van der Waals surface area contributed by atoms with Crippen LogP contribution in [0.4, 0.5) is 10.5 Å². The van der Waals surface area contributed by atoms with Crippen LogP contribution in [0.2, 0.25) is 0 Å². The molecule has 2 atom stereocenters. The van der Waals surface area contributed by atoms with Crippen LogP contribution in [0.25, 0.3) is 0 Å². The van der Waals surface area contributed by atoms with E-state index >= 15 is 0 Å². The molecular formula is C17H26N4O3. The van der Waals surface area contributed by atoms with Crippen molar-refractivity contribution in [2.45, 2.75) is 71.7 Å². The van der Waals surface area contributed by atoms with Crippen LogP contribution in [-0.4, -0.2) is 44.9 Å². The number of carbonyl (C=O) groups excluding carboxylic acids is 2. The standard InChI is InChI=1S/C17H26N4O3/c1-11-12(2)21-14(10-20(11)16(23)24-17(3,4)5)13(9-18-21)19-8-6-7-15(19)22/h9,11-12H,6-8,10H2,1-5H3/t11-,12+/m0/s1. The lowest BCUT2D eigenvalue weighted by molar-refractivity contribution is -0.117. The molecule has 132 valence electrons. The normalized spacial score (nSPS) is 24.3. The summed E-state index contributed by atoms with van der Waals surface area (Å²) in [7, 11) is 0. The van der Waals surface area contributed by atoms with Gasteiger partial charge in [-0.3, -0.25) is 14.4 Å². The molecule has 1 aromatic heterocycles. The van der Waals surface area contributed by atoms with Gasteiger partial charge in [0.2, 0.25) is 5.91 Å². The van der Waals surface area contributed by atoms with E-state index in [0.29, 0.717) is 19.5 Å². The third-order valence-corrected chi connectivity index (χ3v) is 4.76. The first-order valence-corrected chi connectivity index (χ1v) is 8.55. The van der Waals surface area contributed by atoms with E-state index in [1.807, 2.05) is 39.3 Å². The fraction of sp³-hybridized carbons (Fsp3) is 0.706. The van der Waals surface area contributed by atoms with Crippen molar-refractivity contribution >= 4 is 17.7 Å². The van der Waals surface area contributed by atoms with Gasteiger partial charge < -0.3 is 9.64 Å². The lowest BCUT2D eigenvalue weighted by Gasteiger charge is -2.39. The molecule has 2 amide bonds. The number of hydrogen-bond donors (Lipinski definition) is 0. The summed E-state index contributed by atoms with van der Waals surface area (Å²) in [5.41, 5.74) is 1.19. The highest BCUT2D eigenvalue weighted by atomic mass is 16.6. The Balaban J connectivity index is 1.91. The lowest BCUT2D eigenvalue weighted by atomic mass is 10.1. The molecule has 2 aliphatic rings. The molecule has 1 saturated heterocycles. The van der Waals surface area contributed by atoms with Crippen molar-refractivity contribution in [2.75, 3.05) is 11.4 Å². The van der Waals surface area contributed by atoms with Gasteiger partial charge in [0.15, 0.2) is 0 Å². The van der Waals surface area contributed by atoms with Gasteiger partial charge >= 0.3 is 6.09 Å². The first kappa shape index (κ1) is 16.8. The van der Waals surface area contributed by atoms with Crippen LogP contribution in [0.15, 0.2) is 6.20 Å². The fourth-order valence-electron chi connectivity index (χ4n) is 3.33. The second kappa shape index (κ2) is 5.79. The first-order chi connectivity index (χ1) is 11.2. The highest BCUT2D eigenvalue weighted by Gasteiger charge is 2.38. The van der Waals surface area contributed by atoms with Gasteiger partial charge in [-0.25, -0.2) is 4.79 Å². The molecule has 0 aliphatic carbocycles. The Bertz CT molecular complexity index is 661. The summed E-state index contributed by atoms with van der Waals surface area (Å²) in [5.74, 6) is 0.126. The van der Waals surface area contributed by atoms with Crippen molar-refractivity contribution in [3.8, 4) is 0 Å². The molecule has 24 heavy (non-hydrogen) atoms. The summed E-state index contributed by atoms with van der Waals surface area (Å²) in [5, 5.41) is 4.48. The SMILES string of the molecule is C[C@@H]1[C@H](C)N(C(=O)OC(C)(C)C)Cc2c(N3CCCC3=O)cnn21. The molecule has 1 aromatic rings. The second-order valence-corrected chi connectivity index (χ2v) is 7.66. The Labute approximate surface area is 142 Å². The molecule has 3 heterocycles. The average Bonchev–Trinajstić information content (AvgIpc) is 3.06. The topological polar surface area (TPSA) is 67.7 Å². The largest absolute Gasteiger partial charge is 0.444 e. The first-order valence-electron chi connectivity index (χ1n) is 8.55. The molecule has 7 nitrogen and oxygen atoms in total. The van der Waals surface area contributed by atoms with E-state index in [1.165, 1.54) is 0 Å². The number of hydrogen-bond acceptors (Lipinski definition) is 4. The molecule has 1 fully saturated rings. The Morgan fingerprint density at radius 2 is 2.00 bits per heavy atom. The van der Waals surface area contributed by atoms with Gasteiger partial charge in [-0.1, -0.05) is 0 Å². The zero-order chi connectivity index (χ0) is 17.6. The molecule has 0 saturated carbocycles. The van der Waals surface area contributed by atoms with Crippen LogP contribution >= 0.6 is 0 Å². The van der Waals surface area contributed by atoms with E-state index in [4.69, 9.17) is 4.74 Å². The highest BCUT2D eigenvalue weighted by Crippen LogP contribution is 2.34. The van der Waals surface area contributed by atoms with E-state index in [1.54, 1.807) is 16.0 Å². The van der Waals surface area contributed by atoms with E-state index in [9.17, 15) is 9.59 Å². The predicted molar refractivity (Wildman–Crippen MR) is 89.8 cm³/mol. The Hall–Kier alpha value is -2.05. The van der Waals surface area contributed by atoms with Gasteiger partial charge in [-0.05, 0) is 41.0 Å². The number of ether oxygens (including phenoxy) is 1. The Morgan fingerprint density at radius 1 is 1.29 bits per heavy atom.